The molecule has 1 aromatic heterocycles. The van der Waals surface area contributed by atoms with E-state index in [1.807, 2.05) is 12.1 Å². The van der Waals surface area contributed by atoms with Gasteiger partial charge in [-0.05, 0) is 30.5 Å². The van der Waals surface area contributed by atoms with E-state index in [0.29, 0.717) is 5.02 Å². The van der Waals surface area contributed by atoms with Crippen LogP contribution < -0.4 is 5.32 Å². The van der Waals surface area contributed by atoms with Crippen molar-refractivity contribution in [2.24, 2.45) is 0 Å². The van der Waals surface area contributed by atoms with E-state index in [1.165, 1.54) is 6.92 Å². The highest BCUT2D eigenvalue weighted by Gasteiger charge is 2.14. The lowest BCUT2D eigenvalue weighted by Crippen LogP contribution is -2.39. The number of hydrogen-bond acceptors (Lipinski definition) is 2. The minimum Gasteiger partial charge on any atom is -0.480 e. The number of carboxylic acid groups (broad SMARTS) is 1. The normalized spacial score (nSPS) is 12.3. The average Bonchev–Trinajstić information content (AvgIpc) is 2.71. The zero-order valence-electron chi connectivity index (χ0n) is 10.3. The summed E-state index contributed by atoms with van der Waals surface area (Å²) in [5, 5.41) is 12.7. The standard InChI is InChI=1S/C13H13ClN2O3/c1-8(13(18)19)15-12(17)7-16-5-4-9-2-3-10(14)6-11(9)16/h2-6,8H,7H2,1H3,(H,15,17)(H,18,19)/t8-/m1/s1. The molecule has 100 valence electrons. The van der Waals surface area contributed by atoms with Crippen LogP contribution in [-0.4, -0.2) is 27.6 Å². The summed E-state index contributed by atoms with van der Waals surface area (Å²) in [6.07, 6.45) is 1.77. The lowest BCUT2D eigenvalue weighted by atomic mass is 10.2. The number of aromatic nitrogens is 1. The molecule has 0 radical (unpaired) electrons. The van der Waals surface area contributed by atoms with Crippen molar-refractivity contribution >= 4 is 34.4 Å². The van der Waals surface area contributed by atoms with E-state index in [1.54, 1.807) is 22.9 Å². The Balaban J connectivity index is 2.15. The van der Waals surface area contributed by atoms with E-state index in [2.05, 4.69) is 5.32 Å². The summed E-state index contributed by atoms with van der Waals surface area (Å²) in [5.41, 5.74) is 0.839. The van der Waals surface area contributed by atoms with Crippen molar-refractivity contribution < 1.29 is 14.7 Å². The van der Waals surface area contributed by atoms with Gasteiger partial charge in [0.2, 0.25) is 5.91 Å². The van der Waals surface area contributed by atoms with Crippen LogP contribution in [0.25, 0.3) is 10.9 Å². The molecule has 2 aromatic rings. The molecule has 1 atom stereocenters. The number of carboxylic acids is 1. The van der Waals surface area contributed by atoms with Crippen LogP contribution in [0, 0.1) is 0 Å². The molecule has 0 saturated heterocycles. The minimum absolute atomic E-state index is 0.0570. The number of aliphatic carboxylic acids is 1. The number of carbonyl (C=O) groups is 2. The summed E-state index contributed by atoms with van der Waals surface area (Å²) >= 11 is 5.92. The molecule has 0 unspecified atom stereocenters. The molecular weight excluding hydrogens is 268 g/mol. The topological polar surface area (TPSA) is 71.3 Å². The van der Waals surface area contributed by atoms with Crippen LogP contribution in [0.15, 0.2) is 30.5 Å². The van der Waals surface area contributed by atoms with Gasteiger partial charge in [0.05, 0.1) is 0 Å². The minimum atomic E-state index is -1.06. The van der Waals surface area contributed by atoms with E-state index in [-0.39, 0.29) is 12.5 Å². The van der Waals surface area contributed by atoms with Gasteiger partial charge in [-0.15, -0.1) is 0 Å². The predicted octanol–water partition coefficient (Wildman–Crippen LogP) is 1.88. The smallest absolute Gasteiger partial charge is 0.325 e. The van der Waals surface area contributed by atoms with Gasteiger partial charge in [0.25, 0.3) is 0 Å². The summed E-state index contributed by atoms with van der Waals surface area (Å²) in [6, 6.07) is 6.38. The molecule has 1 amide bonds. The molecule has 2 N–H and O–H groups in total. The molecular formula is C13H13ClN2O3. The van der Waals surface area contributed by atoms with Crippen molar-refractivity contribution in [2.45, 2.75) is 19.5 Å². The summed E-state index contributed by atoms with van der Waals surface area (Å²) in [7, 11) is 0. The fraction of sp³-hybridized carbons (Fsp3) is 0.231. The van der Waals surface area contributed by atoms with Crippen LogP contribution in [0.3, 0.4) is 0 Å². The Labute approximate surface area is 114 Å². The molecule has 6 heteroatoms. The number of fused-ring (bicyclic) bond motifs is 1. The summed E-state index contributed by atoms with van der Waals surface area (Å²) in [5.74, 6) is -1.42. The van der Waals surface area contributed by atoms with Gasteiger partial charge < -0.3 is 15.0 Å². The van der Waals surface area contributed by atoms with Crippen molar-refractivity contribution in [3.05, 3.63) is 35.5 Å². The fourth-order valence-corrected chi connectivity index (χ4v) is 1.96. The second-order valence-electron chi connectivity index (χ2n) is 4.27. The van der Waals surface area contributed by atoms with Crippen molar-refractivity contribution in [3.8, 4) is 0 Å². The number of nitrogens with zero attached hydrogens (tertiary/aromatic N) is 1. The molecule has 0 spiro atoms. The Morgan fingerprint density at radius 1 is 1.42 bits per heavy atom. The quantitative estimate of drug-likeness (QED) is 0.898. The average molecular weight is 281 g/mol. The second-order valence-corrected chi connectivity index (χ2v) is 4.71. The molecule has 1 aromatic carbocycles. The first-order chi connectivity index (χ1) is 8.97. The zero-order valence-corrected chi connectivity index (χ0v) is 11.0. The number of benzene rings is 1. The Morgan fingerprint density at radius 3 is 2.84 bits per heavy atom. The van der Waals surface area contributed by atoms with Crippen molar-refractivity contribution in [2.75, 3.05) is 0 Å². The van der Waals surface area contributed by atoms with E-state index < -0.39 is 12.0 Å². The molecule has 0 bridgehead atoms. The molecule has 0 aliphatic heterocycles. The van der Waals surface area contributed by atoms with E-state index >= 15 is 0 Å². The van der Waals surface area contributed by atoms with Crippen molar-refractivity contribution in [1.82, 2.24) is 9.88 Å². The van der Waals surface area contributed by atoms with Crippen LogP contribution in [0.2, 0.25) is 5.02 Å². The van der Waals surface area contributed by atoms with Gasteiger partial charge in [0.15, 0.2) is 0 Å². The highest BCUT2D eigenvalue weighted by molar-refractivity contribution is 6.31. The zero-order chi connectivity index (χ0) is 14.0. The van der Waals surface area contributed by atoms with Crippen molar-refractivity contribution in [1.29, 1.82) is 0 Å². The highest BCUT2D eigenvalue weighted by Crippen LogP contribution is 2.20. The third kappa shape index (κ3) is 3.06. The first-order valence-electron chi connectivity index (χ1n) is 5.74. The lowest BCUT2D eigenvalue weighted by Gasteiger charge is -2.10. The summed E-state index contributed by atoms with van der Waals surface area (Å²) in [6.45, 7) is 1.48. The largest absolute Gasteiger partial charge is 0.480 e. The SMILES string of the molecule is C[C@@H](NC(=O)Cn1ccc2ccc(Cl)cc21)C(=O)O. The Bertz CT molecular complexity index is 636. The van der Waals surface area contributed by atoms with Gasteiger partial charge >= 0.3 is 5.97 Å². The molecule has 1 heterocycles. The Hall–Kier alpha value is -2.01. The molecule has 5 nitrogen and oxygen atoms in total. The van der Waals surface area contributed by atoms with Crippen LogP contribution in [-0.2, 0) is 16.1 Å². The summed E-state index contributed by atoms with van der Waals surface area (Å²) in [4.78, 5) is 22.4. The van der Waals surface area contributed by atoms with Gasteiger partial charge in [-0.2, -0.15) is 0 Å². The highest BCUT2D eigenvalue weighted by atomic mass is 35.5. The van der Waals surface area contributed by atoms with E-state index in [0.717, 1.165) is 10.9 Å². The third-order valence-electron chi connectivity index (χ3n) is 2.80. The maximum absolute atomic E-state index is 11.7. The fourth-order valence-electron chi connectivity index (χ4n) is 1.80. The maximum atomic E-state index is 11.7. The number of carbonyl (C=O) groups excluding carboxylic acids is 1. The maximum Gasteiger partial charge on any atom is 0.325 e. The third-order valence-corrected chi connectivity index (χ3v) is 3.03. The van der Waals surface area contributed by atoms with Crippen LogP contribution in [0.4, 0.5) is 0 Å². The van der Waals surface area contributed by atoms with E-state index in [4.69, 9.17) is 16.7 Å². The van der Waals surface area contributed by atoms with Gasteiger partial charge in [0.1, 0.15) is 12.6 Å². The summed E-state index contributed by atoms with van der Waals surface area (Å²) < 4.78 is 1.73. The number of halogens is 1. The first kappa shape index (κ1) is 13.4. The number of hydrogen-bond donors (Lipinski definition) is 2. The second kappa shape index (κ2) is 5.32. The van der Waals surface area contributed by atoms with Crippen LogP contribution in [0.1, 0.15) is 6.92 Å². The van der Waals surface area contributed by atoms with Crippen molar-refractivity contribution in [3.63, 3.8) is 0 Å². The van der Waals surface area contributed by atoms with Gasteiger partial charge in [-0.1, -0.05) is 17.7 Å². The molecule has 2 rings (SSSR count). The Kier molecular flexibility index (Phi) is 3.76. The lowest BCUT2D eigenvalue weighted by molar-refractivity contribution is -0.141. The number of nitrogens with one attached hydrogen (secondary N) is 1. The Morgan fingerprint density at radius 2 is 2.16 bits per heavy atom. The van der Waals surface area contributed by atoms with Crippen LogP contribution in [0.5, 0.6) is 0 Å². The van der Waals surface area contributed by atoms with Gasteiger partial charge in [-0.3, -0.25) is 9.59 Å². The molecule has 19 heavy (non-hydrogen) atoms. The molecule has 0 aliphatic rings. The van der Waals surface area contributed by atoms with E-state index in [9.17, 15) is 9.59 Å². The molecule has 0 saturated carbocycles. The first-order valence-corrected chi connectivity index (χ1v) is 6.12. The van der Waals surface area contributed by atoms with Gasteiger partial charge in [0, 0.05) is 16.7 Å². The monoisotopic (exact) mass is 280 g/mol. The molecule has 0 aliphatic carbocycles. The number of amides is 1. The van der Waals surface area contributed by atoms with Gasteiger partial charge in [-0.25, -0.2) is 0 Å². The number of rotatable bonds is 4. The van der Waals surface area contributed by atoms with Crippen LogP contribution >= 0.6 is 11.6 Å². The predicted molar refractivity (Wildman–Crippen MR) is 72.2 cm³/mol. The molecule has 0 fully saturated rings.